The van der Waals surface area contributed by atoms with E-state index in [0.717, 1.165) is 46.6 Å². The molecule has 7 heteroatoms. The van der Waals surface area contributed by atoms with Crippen molar-refractivity contribution in [3.8, 4) is 11.3 Å². The van der Waals surface area contributed by atoms with Crippen molar-refractivity contribution in [2.24, 2.45) is 7.05 Å². The summed E-state index contributed by atoms with van der Waals surface area (Å²) in [5.41, 5.74) is 6.91. The van der Waals surface area contributed by atoms with Crippen LogP contribution in [-0.2, 0) is 11.8 Å². The minimum Gasteiger partial charge on any atom is -0.373 e. The van der Waals surface area contributed by atoms with E-state index in [9.17, 15) is 4.39 Å². The number of rotatable bonds is 3. The van der Waals surface area contributed by atoms with Gasteiger partial charge in [-0.2, -0.15) is 5.10 Å². The second-order valence-electron chi connectivity index (χ2n) is 8.67. The molecule has 1 saturated heterocycles. The number of hydrogen-bond acceptors (Lipinski definition) is 5. The highest BCUT2D eigenvalue weighted by molar-refractivity contribution is 5.89. The summed E-state index contributed by atoms with van der Waals surface area (Å²) in [5.74, 6) is -0.120. The fraction of sp³-hybridized carbons (Fsp3) is 0.360. The van der Waals surface area contributed by atoms with Crippen LogP contribution in [0.2, 0.25) is 0 Å². The number of ether oxygens (including phenoxy) is 1. The maximum absolute atomic E-state index is 15.0. The lowest BCUT2D eigenvalue weighted by Gasteiger charge is -2.29. The highest BCUT2D eigenvalue weighted by atomic mass is 19.1. The second kappa shape index (κ2) is 8.06. The van der Waals surface area contributed by atoms with E-state index < -0.39 is 0 Å². The molecule has 1 fully saturated rings. The van der Waals surface area contributed by atoms with Gasteiger partial charge in [0.15, 0.2) is 0 Å². The molecule has 164 valence electrons. The zero-order valence-electron chi connectivity index (χ0n) is 18.8. The Labute approximate surface area is 186 Å². The van der Waals surface area contributed by atoms with E-state index in [0.29, 0.717) is 23.4 Å². The third-order valence-electron chi connectivity index (χ3n) is 6.26. The molecule has 0 amide bonds. The molecule has 1 aliphatic heterocycles. The Kier molecular flexibility index (Phi) is 5.21. The van der Waals surface area contributed by atoms with Gasteiger partial charge in [0.05, 0.1) is 29.2 Å². The Morgan fingerprint density at radius 1 is 1.06 bits per heavy atom. The molecule has 1 unspecified atom stereocenters. The molecule has 0 saturated carbocycles. The van der Waals surface area contributed by atoms with Crippen LogP contribution in [-0.4, -0.2) is 31.3 Å². The van der Waals surface area contributed by atoms with Crippen molar-refractivity contribution in [1.29, 1.82) is 0 Å². The monoisotopic (exact) mass is 431 g/mol. The normalized spacial score (nSPS) is 18.9. The minimum absolute atomic E-state index is 0.0367. The lowest BCUT2D eigenvalue weighted by molar-refractivity contribution is 0.00464. The van der Waals surface area contributed by atoms with Crippen molar-refractivity contribution in [3.63, 3.8) is 0 Å². The predicted molar refractivity (Wildman–Crippen MR) is 121 cm³/mol. The van der Waals surface area contributed by atoms with E-state index in [2.05, 4.69) is 5.10 Å². The van der Waals surface area contributed by atoms with Crippen LogP contribution in [0.1, 0.15) is 53.1 Å². The molecule has 0 radical (unpaired) electrons. The van der Waals surface area contributed by atoms with Gasteiger partial charge in [0.2, 0.25) is 0 Å². The number of aromatic nitrogens is 5. The largest absolute Gasteiger partial charge is 0.373 e. The summed E-state index contributed by atoms with van der Waals surface area (Å²) in [6.07, 6.45) is 5.45. The molecule has 6 nitrogen and oxygen atoms in total. The topological polar surface area (TPSA) is 65.7 Å². The van der Waals surface area contributed by atoms with Gasteiger partial charge >= 0.3 is 0 Å². The van der Waals surface area contributed by atoms with Crippen LogP contribution in [0.15, 0.2) is 36.7 Å². The predicted octanol–water partition coefficient (Wildman–Crippen LogP) is 5.12. The van der Waals surface area contributed by atoms with Crippen LogP contribution >= 0.6 is 0 Å². The van der Waals surface area contributed by atoms with Crippen molar-refractivity contribution >= 4 is 11.0 Å². The minimum atomic E-state index is -0.295. The average molecular weight is 432 g/mol. The van der Waals surface area contributed by atoms with Gasteiger partial charge in [0, 0.05) is 42.6 Å². The Bertz CT molecular complexity index is 1320. The number of benzene rings is 1. The first-order chi connectivity index (χ1) is 15.4. The van der Waals surface area contributed by atoms with Crippen LogP contribution in [0.25, 0.3) is 22.3 Å². The standard InChI is InChI=1S/C25H26FN5O/c1-14-5-6-19(20(26)9-14)24-25-22(28-15(2)16(3)29-25)11-21(30-24)17-7-8-32-23(10-17)18-12-27-31(4)13-18/h5-6,9,11-13,17,23H,7-8,10H2,1-4H3/t17?,23-/m1/s1. The Balaban J connectivity index is 1.62. The quantitative estimate of drug-likeness (QED) is 0.450. The first kappa shape index (κ1) is 20.7. The lowest BCUT2D eigenvalue weighted by Crippen LogP contribution is -2.19. The number of nitrogens with zero attached hydrogens (tertiary/aromatic N) is 5. The molecule has 3 aromatic heterocycles. The van der Waals surface area contributed by atoms with Gasteiger partial charge in [-0.15, -0.1) is 0 Å². The van der Waals surface area contributed by atoms with E-state index in [4.69, 9.17) is 19.7 Å². The van der Waals surface area contributed by atoms with Crippen molar-refractivity contribution in [3.05, 3.63) is 70.7 Å². The van der Waals surface area contributed by atoms with Crippen molar-refractivity contribution in [2.75, 3.05) is 6.61 Å². The van der Waals surface area contributed by atoms with E-state index in [1.165, 1.54) is 6.07 Å². The van der Waals surface area contributed by atoms with Crippen LogP contribution in [0.3, 0.4) is 0 Å². The summed E-state index contributed by atoms with van der Waals surface area (Å²) in [7, 11) is 1.90. The number of hydrogen-bond donors (Lipinski definition) is 0. The molecular formula is C25H26FN5O. The zero-order chi connectivity index (χ0) is 22.4. The molecule has 32 heavy (non-hydrogen) atoms. The fourth-order valence-electron chi connectivity index (χ4n) is 4.36. The first-order valence-electron chi connectivity index (χ1n) is 10.9. The molecule has 1 aromatic carbocycles. The van der Waals surface area contributed by atoms with Crippen molar-refractivity contribution < 1.29 is 9.13 Å². The molecule has 5 rings (SSSR count). The molecular weight excluding hydrogens is 405 g/mol. The van der Waals surface area contributed by atoms with Gasteiger partial charge in [-0.3, -0.25) is 4.68 Å². The Morgan fingerprint density at radius 3 is 2.62 bits per heavy atom. The molecule has 0 spiro atoms. The number of fused-ring (bicyclic) bond motifs is 1. The maximum atomic E-state index is 15.0. The van der Waals surface area contributed by atoms with Crippen LogP contribution in [0.4, 0.5) is 4.39 Å². The molecule has 0 N–H and O–H groups in total. The van der Waals surface area contributed by atoms with Gasteiger partial charge in [0.25, 0.3) is 0 Å². The van der Waals surface area contributed by atoms with Gasteiger partial charge in [-0.1, -0.05) is 6.07 Å². The van der Waals surface area contributed by atoms with E-state index in [1.54, 1.807) is 10.7 Å². The zero-order valence-corrected chi connectivity index (χ0v) is 18.8. The number of pyridine rings is 1. The third kappa shape index (κ3) is 3.77. The summed E-state index contributed by atoms with van der Waals surface area (Å²) >= 11 is 0. The molecule has 0 bridgehead atoms. The van der Waals surface area contributed by atoms with Gasteiger partial charge < -0.3 is 4.74 Å². The highest BCUT2D eigenvalue weighted by Gasteiger charge is 2.28. The molecule has 4 aromatic rings. The summed E-state index contributed by atoms with van der Waals surface area (Å²) < 4.78 is 22.8. The van der Waals surface area contributed by atoms with E-state index in [1.807, 2.05) is 52.3 Å². The lowest BCUT2D eigenvalue weighted by atomic mass is 9.89. The smallest absolute Gasteiger partial charge is 0.132 e. The second-order valence-corrected chi connectivity index (χ2v) is 8.67. The van der Waals surface area contributed by atoms with Gasteiger partial charge in [0.1, 0.15) is 17.0 Å². The summed E-state index contributed by atoms with van der Waals surface area (Å²) in [6, 6.07) is 7.24. The van der Waals surface area contributed by atoms with E-state index in [-0.39, 0.29) is 17.8 Å². The van der Waals surface area contributed by atoms with E-state index >= 15 is 0 Å². The van der Waals surface area contributed by atoms with Crippen molar-refractivity contribution in [1.82, 2.24) is 24.7 Å². The SMILES string of the molecule is Cc1ccc(-c2nc(C3CCO[C@@H](c4cnn(C)c4)C3)cc3nc(C)c(C)nc23)c(F)c1. The molecule has 4 heterocycles. The van der Waals surface area contributed by atoms with Gasteiger partial charge in [-0.25, -0.2) is 19.3 Å². The molecule has 1 aliphatic rings. The van der Waals surface area contributed by atoms with Crippen LogP contribution < -0.4 is 0 Å². The van der Waals surface area contributed by atoms with Gasteiger partial charge in [-0.05, 0) is 57.4 Å². The highest BCUT2D eigenvalue weighted by Crippen LogP contribution is 2.39. The number of halogens is 1. The Morgan fingerprint density at radius 2 is 1.88 bits per heavy atom. The van der Waals surface area contributed by atoms with Crippen LogP contribution in [0.5, 0.6) is 0 Å². The van der Waals surface area contributed by atoms with Crippen LogP contribution in [0, 0.1) is 26.6 Å². The Hall–Kier alpha value is -3.19. The van der Waals surface area contributed by atoms with Crippen molar-refractivity contribution in [2.45, 2.75) is 45.6 Å². The maximum Gasteiger partial charge on any atom is 0.132 e. The number of aryl methyl sites for hydroxylation is 4. The first-order valence-corrected chi connectivity index (χ1v) is 10.9. The molecule has 2 atom stereocenters. The summed E-state index contributed by atoms with van der Waals surface area (Å²) in [4.78, 5) is 14.5. The third-order valence-corrected chi connectivity index (χ3v) is 6.26. The molecule has 0 aliphatic carbocycles. The fourth-order valence-corrected chi connectivity index (χ4v) is 4.36. The average Bonchev–Trinajstić information content (AvgIpc) is 3.21. The summed E-state index contributed by atoms with van der Waals surface area (Å²) in [6.45, 7) is 6.38. The summed E-state index contributed by atoms with van der Waals surface area (Å²) in [5, 5.41) is 4.28.